The molecule has 4 heteroatoms. The van der Waals surface area contributed by atoms with Gasteiger partial charge in [-0.3, -0.25) is 0 Å². The van der Waals surface area contributed by atoms with Gasteiger partial charge in [0.05, 0.1) is 6.26 Å². The summed E-state index contributed by atoms with van der Waals surface area (Å²) >= 11 is 3.48. The van der Waals surface area contributed by atoms with Crippen LogP contribution in [0.3, 0.4) is 0 Å². The Morgan fingerprint density at radius 2 is 2.06 bits per heavy atom. The summed E-state index contributed by atoms with van der Waals surface area (Å²) in [6.07, 6.45) is 2.05. The summed E-state index contributed by atoms with van der Waals surface area (Å²) in [4.78, 5) is -0.0405. The lowest BCUT2D eigenvalue weighted by Gasteiger charge is -2.09. The lowest BCUT2D eigenvalue weighted by Crippen LogP contribution is -1.99. The van der Waals surface area contributed by atoms with Crippen molar-refractivity contribution >= 4 is 15.9 Å². The van der Waals surface area contributed by atoms with Gasteiger partial charge in [-0.25, -0.2) is 8.78 Å². The Balaban J connectivity index is 2.19. The summed E-state index contributed by atoms with van der Waals surface area (Å²) in [5, 5.41) is 0. The monoisotopic (exact) mass is 300 g/mol. The molecule has 0 saturated heterocycles. The van der Waals surface area contributed by atoms with Crippen molar-refractivity contribution in [1.82, 2.24) is 0 Å². The first kappa shape index (κ1) is 12.3. The lowest BCUT2D eigenvalue weighted by atomic mass is 10.0. The first-order valence-electron chi connectivity index (χ1n) is 5.20. The number of furan rings is 1. The van der Waals surface area contributed by atoms with Gasteiger partial charge < -0.3 is 4.42 Å². The Morgan fingerprint density at radius 1 is 1.29 bits per heavy atom. The molecule has 0 aliphatic heterocycles. The van der Waals surface area contributed by atoms with Crippen LogP contribution in [0.15, 0.2) is 34.9 Å². The van der Waals surface area contributed by atoms with E-state index in [1.54, 1.807) is 6.26 Å². The highest BCUT2D eigenvalue weighted by molar-refractivity contribution is 9.09. The molecule has 0 fully saturated rings. The average molecular weight is 301 g/mol. The zero-order chi connectivity index (χ0) is 12.4. The minimum Gasteiger partial charge on any atom is -0.469 e. The van der Waals surface area contributed by atoms with Crippen molar-refractivity contribution in [2.45, 2.75) is 18.2 Å². The quantitative estimate of drug-likeness (QED) is 0.758. The van der Waals surface area contributed by atoms with Gasteiger partial charge >= 0.3 is 0 Å². The molecule has 0 aliphatic rings. The normalized spacial score (nSPS) is 12.7. The molecule has 1 aromatic heterocycles. The Hall–Kier alpha value is -1.16. The smallest absolute Gasteiger partial charge is 0.129 e. The summed E-state index contributed by atoms with van der Waals surface area (Å²) in [6, 6.07) is 5.47. The molecule has 17 heavy (non-hydrogen) atoms. The van der Waals surface area contributed by atoms with Crippen molar-refractivity contribution in [3.8, 4) is 0 Å². The van der Waals surface area contributed by atoms with Crippen molar-refractivity contribution in [3.63, 3.8) is 0 Å². The molecular formula is C13H11BrF2O. The topological polar surface area (TPSA) is 13.1 Å². The minimum absolute atomic E-state index is 0.0405. The highest BCUT2D eigenvalue weighted by atomic mass is 79.9. The van der Waals surface area contributed by atoms with E-state index >= 15 is 0 Å². The first-order chi connectivity index (χ1) is 8.08. The maximum Gasteiger partial charge on any atom is 0.129 e. The van der Waals surface area contributed by atoms with Crippen LogP contribution in [0.4, 0.5) is 8.78 Å². The van der Waals surface area contributed by atoms with Gasteiger partial charge in [0, 0.05) is 16.5 Å². The maximum absolute atomic E-state index is 13.5. The second kappa shape index (κ2) is 5.00. The number of aryl methyl sites for hydroxylation is 1. The predicted octanol–water partition coefficient (Wildman–Crippen LogP) is 4.54. The zero-order valence-corrected chi connectivity index (χ0v) is 10.8. The van der Waals surface area contributed by atoms with Crippen molar-refractivity contribution in [1.29, 1.82) is 0 Å². The van der Waals surface area contributed by atoms with E-state index in [0.717, 1.165) is 17.4 Å². The lowest BCUT2D eigenvalue weighted by molar-refractivity contribution is 0.528. The highest BCUT2D eigenvalue weighted by Gasteiger charge is 2.15. The first-order valence-corrected chi connectivity index (χ1v) is 6.11. The van der Waals surface area contributed by atoms with Crippen molar-refractivity contribution in [2.24, 2.45) is 0 Å². The van der Waals surface area contributed by atoms with Crippen molar-refractivity contribution in [2.75, 3.05) is 0 Å². The summed E-state index contributed by atoms with van der Waals surface area (Å²) in [5.41, 5.74) is 1.46. The summed E-state index contributed by atoms with van der Waals surface area (Å²) in [6.45, 7) is 1.85. The van der Waals surface area contributed by atoms with Gasteiger partial charge in [-0.1, -0.05) is 22.0 Å². The van der Waals surface area contributed by atoms with Gasteiger partial charge in [0.1, 0.15) is 17.4 Å². The Bertz CT molecular complexity index is 522. The fourth-order valence-electron chi connectivity index (χ4n) is 1.71. The molecule has 0 saturated carbocycles. The van der Waals surface area contributed by atoms with Crippen molar-refractivity contribution in [3.05, 3.63) is 59.1 Å². The number of hydrogen-bond donors (Lipinski definition) is 0. The second-order valence-electron chi connectivity index (χ2n) is 3.84. The third kappa shape index (κ3) is 2.75. The van der Waals surface area contributed by atoms with Crippen LogP contribution in [-0.4, -0.2) is 0 Å². The SMILES string of the molecule is Cc1occc1C(Br)Cc1ccc(F)cc1F. The van der Waals surface area contributed by atoms with Gasteiger partial charge in [0.25, 0.3) is 0 Å². The van der Waals surface area contributed by atoms with Crippen LogP contribution in [0.5, 0.6) is 0 Å². The summed E-state index contributed by atoms with van der Waals surface area (Å²) < 4.78 is 31.4. The molecule has 1 nitrogen and oxygen atoms in total. The molecule has 0 spiro atoms. The van der Waals surface area contributed by atoms with E-state index in [2.05, 4.69) is 15.9 Å². The summed E-state index contributed by atoms with van der Waals surface area (Å²) in [7, 11) is 0. The molecular weight excluding hydrogens is 290 g/mol. The van der Waals surface area contributed by atoms with Crippen LogP contribution in [-0.2, 0) is 6.42 Å². The predicted molar refractivity (Wildman–Crippen MR) is 65.2 cm³/mol. The molecule has 0 radical (unpaired) electrons. The van der Waals surface area contributed by atoms with E-state index in [0.29, 0.717) is 12.0 Å². The third-order valence-electron chi connectivity index (χ3n) is 2.65. The van der Waals surface area contributed by atoms with Crippen LogP contribution in [0.25, 0.3) is 0 Å². The highest BCUT2D eigenvalue weighted by Crippen LogP contribution is 2.30. The summed E-state index contributed by atoms with van der Waals surface area (Å²) in [5.74, 6) is -0.276. The molecule has 1 heterocycles. The molecule has 0 N–H and O–H groups in total. The fourth-order valence-corrected chi connectivity index (χ4v) is 2.53. The van der Waals surface area contributed by atoms with E-state index < -0.39 is 11.6 Å². The number of halogens is 3. The average Bonchev–Trinajstić information content (AvgIpc) is 2.68. The molecule has 1 unspecified atom stereocenters. The molecule has 0 amide bonds. The second-order valence-corrected chi connectivity index (χ2v) is 4.94. The van der Waals surface area contributed by atoms with Gasteiger partial charge in [-0.15, -0.1) is 0 Å². The van der Waals surface area contributed by atoms with Crippen LogP contribution >= 0.6 is 15.9 Å². The molecule has 2 aromatic rings. The molecule has 0 bridgehead atoms. The zero-order valence-electron chi connectivity index (χ0n) is 9.21. The minimum atomic E-state index is -0.558. The Morgan fingerprint density at radius 3 is 2.65 bits per heavy atom. The van der Waals surface area contributed by atoms with Crippen LogP contribution in [0.2, 0.25) is 0 Å². The van der Waals surface area contributed by atoms with E-state index in [9.17, 15) is 8.78 Å². The molecule has 1 atom stereocenters. The van der Waals surface area contributed by atoms with Crippen LogP contribution < -0.4 is 0 Å². The molecule has 1 aromatic carbocycles. The van der Waals surface area contributed by atoms with E-state index in [4.69, 9.17) is 4.42 Å². The molecule has 0 aliphatic carbocycles. The fraction of sp³-hybridized carbons (Fsp3) is 0.231. The van der Waals surface area contributed by atoms with E-state index in [1.807, 2.05) is 13.0 Å². The maximum atomic E-state index is 13.5. The molecule has 2 rings (SSSR count). The standard InChI is InChI=1S/C13H11BrF2O/c1-8-11(4-5-17-8)12(14)6-9-2-3-10(15)7-13(9)16/h2-5,7,12H,6H2,1H3. The number of alkyl halides is 1. The third-order valence-corrected chi connectivity index (χ3v) is 3.47. The number of hydrogen-bond acceptors (Lipinski definition) is 1. The van der Waals surface area contributed by atoms with Crippen LogP contribution in [0, 0.1) is 18.6 Å². The van der Waals surface area contributed by atoms with Crippen LogP contribution in [0.1, 0.15) is 21.7 Å². The number of rotatable bonds is 3. The van der Waals surface area contributed by atoms with Crippen molar-refractivity contribution < 1.29 is 13.2 Å². The number of benzene rings is 1. The van der Waals surface area contributed by atoms with E-state index in [-0.39, 0.29) is 4.83 Å². The van der Waals surface area contributed by atoms with Gasteiger partial charge in [0.2, 0.25) is 0 Å². The van der Waals surface area contributed by atoms with Gasteiger partial charge in [-0.2, -0.15) is 0 Å². The van der Waals surface area contributed by atoms with Gasteiger partial charge in [-0.05, 0) is 31.0 Å². The Labute approximate surface area is 107 Å². The molecule has 90 valence electrons. The Kier molecular flexibility index (Phi) is 3.62. The van der Waals surface area contributed by atoms with E-state index in [1.165, 1.54) is 12.1 Å². The van der Waals surface area contributed by atoms with Gasteiger partial charge in [0.15, 0.2) is 0 Å². The largest absolute Gasteiger partial charge is 0.469 e.